The number of hydrogen-bond acceptors (Lipinski definition) is 3. The van der Waals surface area contributed by atoms with Crippen LogP contribution in [-0.4, -0.2) is 10.9 Å². The molecule has 1 aromatic heterocycles. The van der Waals surface area contributed by atoms with E-state index in [1.807, 2.05) is 0 Å². The summed E-state index contributed by atoms with van der Waals surface area (Å²) < 4.78 is 41.7. The Kier molecular flexibility index (Phi) is 3.55. The zero-order valence-corrected chi connectivity index (χ0v) is 9.57. The summed E-state index contributed by atoms with van der Waals surface area (Å²) in [6, 6.07) is 4.21. The molecule has 0 unspecified atom stereocenters. The van der Waals surface area contributed by atoms with Gasteiger partial charge in [-0.2, -0.15) is 13.2 Å². The van der Waals surface area contributed by atoms with Gasteiger partial charge in [-0.1, -0.05) is 0 Å². The van der Waals surface area contributed by atoms with E-state index in [2.05, 4.69) is 10.3 Å². The minimum absolute atomic E-state index is 0.00246. The largest absolute Gasteiger partial charge is 0.451 e. The summed E-state index contributed by atoms with van der Waals surface area (Å²) >= 11 is 0. The first kappa shape index (κ1) is 13.1. The number of carbonyl (C=O) groups is 1. The Bertz CT molecular complexity index is 547. The van der Waals surface area contributed by atoms with Crippen molar-refractivity contribution in [2.75, 3.05) is 5.32 Å². The molecule has 0 aliphatic heterocycles. The highest BCUT2D eigenvalue weighted by Gasteiger charge is 2.29. The molecule has 100 valence electrons. The van der Waals surface area contributed by atoms with Crippen LogP contribution >= 0.6 is 0 Å². The summed E-state index contributed by atoms with van der Waals surface area (Å²) in [5.41, 5.74) is -0.0205. The normalized spacial score (nSPS) is 11.3. The molecule has 4 nitrogen and oxygen atoms in total. The lowest BCUT2D eigenvalue weighted by Gasteiger charge is -2.08. The number of oxazole rings is 1. The molecule has 1 amide bonds. The van der Waals surface area contributed by atoms with Gasteiger partial charge in [0.2, 0.25) is 5.91 Å². The fraction of sp³-hybridized carbons (Fsp3) is 0.167. The summed E-state index contributed by atoms with van der Waals surface area (Å²) in [5, 5.41) is 2.47. The van der Waals surface area contributed by atoms with E-state index in [0.29, 0.717) is 11.4 Å². The number of benzene rings is 1. The second-order valence-corrected chi connectivity index (χ2v) is 3.78. The Morgan fingerprint density at radius 1 is 1.26 bits per heavy atom. The molecule has 1 aromatic carbocycles. The minimum atomic E-state index is -4.39. The van der Waals surface area contributed by atoms with E-state index in [-0.39, 0.29) is 12.3 Å². The van der Waals surface area contributed by atoms with E-state index in [4.69, 9.17) is 4.42 Å². The molecule has 0 bridgehead atoms. The van der Waals surface area contributed by atoms with E-state index in [9.17, 15) is 18.0 Å². The Hall–Kier alpha value is -2.31. The van der Waals surface area contributed by atoms with Crippen molar-refractivity contribution in [3.63, 3.8) is 0 Å². The predicted molar refractivity (Wildman–Crippen MR) is 60.3 cm³/mol. The molecule has 0 radical (unpaired) electrons. The van der Waals surface area contributed by atoms with Crippen LogP contribution in [0.4, 0.5) is 18.9 Å². The van der Waals surface area contributed by atoms with Gasteiger partial charge in [0.25, 0.3) is 0 Å². The van der Waals surface area contributed by atoms with Crippen LogP contribution in [0.25, 0.3) is 0 Å². The zero-order chi connectivity index (χ0) is 13.9. The predicted octanol–water partition coefficient (Wildman–Crippen LogP) is 2.87. The molecular formula is C12H9F3N2O2. The fourth-order valence-corrected chi connectivity index (χ4v) is 1.44. The van der Waals surface area contributed by atoms with Gasteiger partial charge in [-0.05, 0) is 24.3 Å². The quantitative estimate of drug-likeness (QED) is 0.933. The lowest BCUT2D eigenvalue weighted by Crippen LogP contribution is -2.14. The maximum atomic E-state index is 12.3. The molecule has 0 saturated heterocycles. The number of rotatable bonds is 3. The van der Waals surface area contributed by atoms with Crippen LogP contribution in [0.3, 0.4) is 0 Å². The fourth-order valence-electron chi connectivity index (χ4n) is 1.44. The standard InChI is InChI=1S/C12H9F3N2O2/c13-12(14,15)8-1-3-9(4-2-8)17-11(18)5-10-6-19-7-16-10/h1-4,6-7H,5H2,(H,17,18). The second-order valence-electron chi connectivity index (χ2n) is 3.78. The summed E-state index contributed by atoms with van der Waals surface area (Å²) in [5.74, 6) is -0.381. The van der Waals surface area contributed by atoms with Crippen LogP contribution in [0.15, 0.2) is 41.3 Å². The third-order valence-electron chi connectivity index (χ3n) is 2.32. The monoisotopic (exact) mass is 270 g/mol. The maximum Gasteiger partial charge on any atom is 0.416 e. The molecule has 0 aliphatic rings. The second kappa shape index (κ2) is 5.13. The van der Waals surface area contributed by atoms with Gasteiger partial charge in [0.1, 0.15) is 6.26 Å². The number of alkyl halides is 3. The van der Waals surface area contributed by atoms with Crippen molar-refractivity contribution in [1.82, 2.24) is 4.98 Å². The molecule has 0 aliphatic carbocycles. The van der Waals surface area contributed by atoms with Crippen LogP contribution in [0, 0.1) is 0 Å². The van der Waals surface area contributed by atoms with Crippen LogP contribution in [0.1, 0.15) is 11.3 Å². The molecule has 0 saturated carbocycles. The first-order valence-electron chi connectivity index (χ1n) is 5.29. The van der Waals surface area contributed by atoms with Crippen LogP contribution < -0.4 is 5.32 Å². The Labute approximate surface area is 106 Å². The van der Waals surface area contributed by atoms with Gasteiger partial charge < -0.3 is 9.73 Å². The molecule has 2 aromatic rings. The molecule has 2 rings (SSSR count). The van der Waals surface area contributed by atoms with Gasteiger partial charge in [0.15, 0.2) is 6.39 Å². The number of carbonyl (C=O) groups excluding carboxylic acids is 1. The van der Waals surface area contributed by atoms with Gasteiger partial charge >= 0.3 is 6.18 Å². The summed E-state index contributed by atoms with van der Waals surface area (Å²) in [6.45, 7) is 0. The third-order valence-corrected chi connectivity index (χ3v) is 2.32. The van der Waals surface area contributed by atoms with Crippen molar-refractivity contribution in [3.8, 4) is 0 Å². The molecule has 19 heavy (non-hydrogen) atoms. The van der Waals surface area contributed by atoms with E-state index in [1.54, 1.807) is 0 Å². The number of amides is 1. The minimum Gasteiger partial charge on any atom is -0.451 e. The topological polar surface area (TPSA) is 55.1 Å². The van der Waals surface area contributed by atoms with Crippen molar-refractivity contribution in [3.05, 3.63) is 48.2 Å². The summed E-state index contributed by atoms with van der Waals surface area (Å²) in [4.78, 5) is 15.3. The van der Waals surface area contributed by atoms with E-state index in [1.165, 1.54) is 24.8 Å². The number of halogens is 3. The number of anilines is 1. The first-order chi connectivity index (χ1) is 8.95. The smallest absolute Gasteiger partial charge is 0.416 e. The van der Waals surface area contributed by atoms with E-state index < -0.39 is 11.7 Å². The number of hydrogen-bond donors (Lipinski definition) is 1. The van der Waals surface area contributed by atoms with Gasteiger partial charge in [0, 0.05) is 5.69 Å². The number of aromatic nitrogens is 1. The lowest BCUT2D eigenvalue weighted by molar-refractivity contribution is -0.137. The molecule has 0 atom stereocenters. The average Bonchev–Trinajstić information content (AvgIpc) is 2.81. The highest BCUT2D eigenvalue weighted by Crippen LogP contribution is 2.29. The van der Waals surface area contributed by atoms with E-state index >= 15 is 0 Å². The lowest BCUT2D eigenvalue weighted by atomic mass is 10.2. The molecule has 1 N–H and O–H groups in total. The first-order valence-corrected chi connectivity index (χ1v) is 5.29. The molecule has 1 heterocycles. The van der Waals surface area contributed by atoms with Gasteiger partial charge in [0.05, 0.1) is 17.7 Å². The van der Waals surface area contributed by atoms with Crippen LogP contribution in [0.2, 0.25) is 0 Å². The SMILES string of the molecule is O=C(Cc1cocn1)Nc1ccc(C(F)(F)F)cc1. The summed E-state index contributed by atoms with van der Waals surface area (Å²) in [7, 11) is 0. The van der Waals surface area contributed by atoms with Crippen molar-refractivity contribution in [2.45, 2.75) is 12.6 Å². The van der Waals surface area contributed by atoms with Gasteiger partial charge in [-0.15, -0.1) is 0 Å². The summed E-state index contributed by atoms with van der Waals surface area (Å²) in [6.07, 6.45) is -1.87. The zero-order valence-electron chi connectivity index (χ0n) is 9.57. The Morgan fingerprint density at radius 3 is 2.47 bits per heavy atom. The van der Waals surface area contributed by atoms with Gasteiger partial charge in [-0.25, -0.2) is 4.98 Å². The molecule has 7 heteroatoms. The highest BCUT2D eigenvalue weighted by atomic mass is 19.4. The van der Waals surface area contributed by atoms with E-state index in [0.717, 1.165) is 12.1 Å². The maximum absolute atomic E-state index is 12.3. The number of nitrogens with one attached hydrogen (secondary N) is 1. The van der Waals surface area contributed by atoms with Crippen molar-refractivity contribution >= 4 is 11.6 Å². The van der Waals surface area contributed by atoms with Crippen molar-refractivity contribution < 1.29 is 22.4 Å². The average molecular weight is 270 g/mol. The van der Waals surface area contributed by atoms with Crippen molar-refractivity contribution in [2.24, 2.45) is 0 Å². The Morgan fingerprint density at radius 2 is 1.95 bits per heavy atom. The van der Waals surface area contributed by atoms with Gasteiger partial charge in [-0.3, -0.25) is 4.79 Å². The van der Waals surface area contributed by atoms with Crippen LogP contribution in [0.5, 0.6) is 0 Å². The Balaban J connectivity index is 1.98. The highest BCUT2D eigenvalue weighted by molar-refractivity contribution is 5.91. The molecule has 0 fully saturated rings. The van der Waals surface area contributed by atoms with Crippen LogP contribution in [-0.2, 0) is 17.4 Å². The number of nitrogens with zero attached hydrogens (tertiary/aromatic N) is 1. The third kappa shape index (κ3) is 3.57. The van der Waals surface area contributed by atoms with Crippen molar-refractivity contribution in [1.29, 1.82) is 0 Å². The molecule has 0 spiro atoms. The molecular weight excluding hydrogens is 261 g/mol.